The average molecular weight is 458 g/mol. The number of rotatable bonds is 5. The van der Waals surface area contributed by atoms with Crippen molar-refractivity contribution >= 4 is 40.0 Å². The number of nitrogens with zero attached hydrogens (tertiary/aromatic N) is 2. The van der Waals surface area contributed by atoms with Crippen LogP contribution in [0.3, 0.4) is 0 Å². The van der Waals surface area contributed by atoms with E-state index < -0.39 is 23.6 Å². The number of hydrogen-bond acceptors (Lipinski definition) is 5. The first kappa shape index (κ1) is 22.0. The van der Waals surface area contributed by atoms with Crippen LogP contribution in [0.1, 0.15) is 24.2 Å². The van der Waals surface area contributed by atoms with Gasteiger partial charge in [0.25, 0.3) is 11.7 Å². The van der Waals surface area contributed by atoms with Crippen molar-refractivity contribution in [3.63, 3.8) is 0 Å². The largest absolute Gasteiger partial charge is 0.449 e. The van der Waals surface area contributed by atoms with Crippen LogP contribution in [0.25, 0.3) is 22.0 Å². The fourth-order valence-corrected chi connectivity index (χ4v) is 4.38. The van der Waals surface area contributed by atoms with Gasteiger partial charge < -0.3 is 19.5 Å². The molecule has 1 saturated heterocycles. The minimum absolute atomic E-state index is 0.0124. The Kier molecular flexibility index (Phi) is 6.27. The van der Waals surface area contributed by atoms with Gasteiger partial charge in [-0.05, 0) is 40.4 Å². The summed E-state index contributed by atoms with van der Waals surface area (Å²) >= 11 is 1.52. The average Bonchev–Trinajstić information content (AvgIpc) is 3.48. The number of carbonyl (C=O) groups is 3. The van der Waals surface area contributed by atoms with Gasteiger partial charge in [0, 0.05) is 43.3 Å². The van der Waals surface area contributed by atoms with E-state index in [-0.39, 0.29) is 43.0 Å². The van der Waals surface area contributed by atoms with Crippen molar-refractivity contribution in [3.8, 4) is 11.1 Å². The van der Waals surface area contributed by atoms with E-state index in [1.54, 1.807) is 6.07 Å². The highest BCUT2D eigenvalue weighted by molar-refractivity contribution is 7.08. The molecule has 3 heterocycles. The molecule has 0 unspecified atom stereocenters. The number of H-pyrrole nitrogens is 1. The highest BCUT2D eigenvalue weighted by Crippen LogP contribution is 2.33. The van der Waals surface area contributed by atoms with Gasteiger partial charge in [0.05, 0.1) is 17.7 Å². The van der Waals surface area contributed by atoms with Crippen LogP contribution in [0, 0.1) is 11.7 Å². The van der Waals surface area contributed by atoms with Gasteiger partial charge in [-0.15, -0.1) is 0 Å². The van der Waals surface area contributed by atoms with Crippen molar-refractivity contribution in [2.24, 2.45) is 5.92 Å². The third kappa shape index (κ3) is 4.25. The summed E-state index contributed by atoms with van der Waals surface area (Å²) in [6.45, 7) is 5.22. The fraction of sp³-hybridized carbons (Fsp3) is 0.348. The Labute approximate surface area is 188 Å². The van der Waals surface area contributed by atoms with E-state index in [9.17, 15) is 18.8 Å². The Balaban J connectivity index is 1.49. The van der Waals surface area contributed by atoms with Crippen molar-refractivity contribution in [2.75, 3.05) is 32.8 Å². The lowest BCUT2D eigenvalue weighted by Crippen LogP contribution is -2.52. The predicted octanol–water partition coefficient (Wildman–Crippen LogP) is 4.16. The molecular formula is C23H24FN3O4S. The zero-order chi connectivity index (χ0) is 22.8. The standard InChI is InChI=1S/C23H24FN3O4S/c1-14(2)12-31-23(30)27-8-6-26(7-9-27)22(29)21(28)17-11-25-20-16(15-5-10-32-13-15)3-4-18(24)19(17)20/h3-5,10-11,13-14,25H,6-9,12H2,1-2H3. The first-order chi connectivity index (χ1) is 15.4. The molecule has 1 fully saturated rings. The summed E-state index contributed by atoms with van der Waals surface area (Å²) in [6.07, 6.45) is 0.973. The molecule has 2 aromatic heterocycles. The summed E-state index contributed by atoms with van der Waals surface area (Å²) < 4.78 is 19.9. The normalized spacial score (nSPS) is 14.2. The number of benzene rings is 1. The molecule has 0 spiro atoms. The molecule has 3 aromatic rings. The number of ketones is 1. The van der Waals surface area contributed by atoms with Crippen molar-refractivity contribution in [1.82, 2.24) is 14.8 Å². The number of thiophene rings is 1. The number of aromatic amines is 1. The third-order valence-corrected chi connectivity index (χ3v) is 6.10. The van der Waals surface area contributed by atoms with Crippen LogP contribution >= 0.6 is 11.3 Å². The monoisotopic (exact) mass is 457 g/mol. The molecule has 4 rings (SSSR count). The van der Waals surface area contributed by atoms with E-state index in [1.807, 2.05) is 30.7 Å². The predicted molar refractivity (Wildman–Crippen MR) is 120 cm³/mol. The molecule has 1 N–H and O–H groups in total. The van der Waals surface area contributed by atoms with Gasteiger partial charge in [-0.1, -0.05) is 13.8 Å². The van der Waals surface area contributed by atoms with E-state index >= 15 is 0 Å². The van der Waals surface area contributed by atoms with E-state index in [0.717, 1.165) is 11.1 Å². The first-order valence-corrected chi connectivity index (χ1v) is 11.4. The molecule has 7 nitrogen and oxygen atoms in total. The van der Waals surface area contributed by atoms with Crippen LogP contribution < -0.4 is 0 Å². The molecule has 168 valence electrons. The molecule has 0 bridgehead atoms. The number of Topliss-reactive ketones (excluding diaryl/α,β-unsaturated/α-hetero) is 1. The number of piperazine rings is 1. The fourth-order valence-electron chi connectivity index (χ4n) is 3.72. The SMILES string of the molecule is CC(C)COC(=O)N1CCN(C(=O)C(=O)c2c[nH]c3c(-c4ccsc4)ccc(F)c23)CC1. The Bertz CT molecular complexity index is 1150. The maximum atomic E-state index is 14.7. The summed E-state index contributed by atoms with van der Waals surface area (Å²) in [5.74, 6) is -1.81. The lowest BCUT2D eigenvalue weighted by atomic mass is 10.0. The smallest absolute Gasteiger partial charge is 0.409 e. The van der Waals surface area contributed by atoms with E-state index in [1.165, 1.54) is 33.4 Å². The quantitative estimate of drug-likeness (QED) is 0.461. The van der Waals surface area contributed by atoms with Gasteiger partial charge in [0.2, 0.25) is 0 Å². The summed E-state index contributed by atoms with van der Waals surface area (Å²) in [7, 11) is 0. The number of aromatic nitrogens is 1. The zero-order valence-electron chi connectivity index (χ0n) is 17.9. The molecule has 1 aliphatic rings. The molecule has 0 atom stereocenters. The number of ether oxygens (including phenoxy) is 1. The second-order valence-electron chi connectivity index (χ2n) is 8.14. The minimum Gasteiger partial charge on any atom is -0.449 e. The Morgan fingerprint density at radius 2 is 1.84 bits per heavy atom. The summed E-state index contributed by atoms with van der Waals surface area (Å²) in [6, 6.07) is 4.88. The third-order valence-electron chi connectivity index (χ3n) is 5.42. The van der Waals surface area contributed by atoms with Crippen LogP contribution in [0.4, 0.5) is 9.18 Å². The first-order valence-electron chi connectivity index (χ1n) is 10.4. The summed E-state index contributed by atoms with van der Waals surface area (Å²) in [5, 5.41) is 3.97. The number of hydrogen-bond donors (Lipinski definition) is 1. The Morgan fingerprint density at radius 3 is 2.50 bits per heavy atom. The van der Waals surface area contributed by atoms with Gasteiger partial charge in [0.1, 0.15) is 5.82 Å². The van der Waals surface area contributed by atoms with Crippen molar-refractivity contribution in [3.05, 3.63) is 46.5 Å². The highest BCUT2D eigenvalue weighted by atomic mass is 32.1. The second-order valence-corrected chi connectivity index (χ2v) is 8.92. The molecule has 0 radical (unpaired) electrons. The van der Waals surface area contributed by atoms with Gasteiger partial charge in [-0.25, -0.2) is 9.18 Å². The maximum Gasteiger partial charge on any atom is 0.409 e. The molecule has 1 aromatic carbocycles. The Morgan fingerprint density at radius 1 is 1.12 bits per heavy atom. The molecule has 32 heavy (non-hydrogen) atoms. The van der Waals surface area contributed by atoms with Crippen LogP contribution in [-0.4, -0.2) is 65.4 Å². The highest BCUT2D eigenvalue weighted by Gasteiger charge is 2.31. The molecular weight excluding hydrogens is 433 g/mol. The number of carbonyl (C=O) groups excluding carboxylic acids is 3. The van der Waals surface area contributed by atoms with Gasteiger partial charge in [-0.3, -0.25) is 9.59 Å². The second kappa shape index (κ2) is 9.12. The van der Waals surface area contributed by atoms with Gasteiger partial charge >= 0.3 is 6.09 Å². The minimum atomic E-state index is -0.770. The van der Waals surface area contributed by atoms with Crippen LogP contribution in [-0.2, 0) is 9.53 Å². The van der Waals surface area contributed by atoms with E-state index in [2.05, 4.69) is 4.98 Å². The summed E-state index contributed by atoms with van der Waals surface area (Å²) in [4.78, 5) is 43.8. The lowest BCUT2D eigenvalue weighted by molar-refractivity contribution is -0.128. The molecule has 9 heteroatoms. The van der Waals surface area contributed by atoms with E-state index in [0.29, 0.717) is 12.1 Å². The molecule has 1 aliphatic heterocycles. The van der Waals surface area contributed by atoms with Crippen molar-refractivity contribution < 1.29 is 23.5 Å². The number of halogens is 1. The number of amides is 2. The number of nitrogens with one attached hydrogen (secondary N) is 1. The van der Waals surface area contributed by atoms with Crippen molar-refractivity contribution in [2.45, 2.75) is 13.8 Å². The van der Waals surface area contributed by atoms with Crippen LogP contribution in [0.2, 0.25) is 0 Å². The van der Waals surface area contributed by atoms with Gasteiger partial charge in [-0.2, -0.15) is 11.3 Å². The molecule has 2 amide bonds. The maximum absolute atomic E-state index is 14.7. The zero-order valence-corrected chi connectivity index (χ0v) is 18.7. The molecule has 0 aliphatic carbocycles. The topological polar surface area (TPSA) is 82.7 Å². The van der Waals surface area contributed by atoms with Crippen LogP contribution in [0.5, 0.6) is 0 Å². The molecule has 0 saturated carbocycles. The van der Waals surface area contributed by atoms with E-state index in [4.69, 9.17) is 4.74 Å². The van der Waals surface area contributed by atoms with Crippen molar-refractivity contribution in [1.29, 1.82) is 0 Å². The number of fused-ring (bicyclic) bond motifs is 1. The summed E-state index contributed by atoms with van der Waals surface area (Å²) in [5.41, 5.74) is 2.17. The van der Waals surface area contributed by atoms with Gasteiger partial charge in [0.15, 0.2) is 0 Å². The lowest BCUT2D eigenvalue weighted by Gasteiger charge is -2.33. The van der Waals surface area contributed by atoms with Crippen LogP contribution in [0.15, 0.2) is 35.2 Å². The Hall–Kier alpha value is -3.20.